The summed E-state index contributed by atoms with van der Waals surface area (Å²) in [5.74, 6) is 0.687. The molecule has 0 radical (unpaired) electrons. The zero-order chi connectivity index (χ0) is 22.8. The molecule has 0 aliphatic carbocycles. The van der Waals surface area contributed by atoms with Crippen molar-refractivity contribution >= 4 is 28.7 Å². The van der Waals surface area contributed by atoms with Gasteiger partial charge in [-0.05, 0) is 49.4 Å². The van der Waals surface area contributed by atoms with E-state index in [4.69, 9.17) is 9.72 Å². The predicted molar refractivity (Wildman–Crippen MR) is 129 cm³/mol. The number of anilines is 1. The summed E-state index contributed by atoms with van der Waals surface area (Å²) >= 11 is 1.64. The fraction of sp³-hybridized carbons (Fsp3) is 0.346. The van der Waals surface area contributed by atoms with Crippen LogP contribution in [0.5, 0.6) is 5.75 Å². The zero-order valence-electron chi connectivity index (χ0n) is 18.9. The van der Waals surface area contributed by atoms with Gasteiger partial charge in [0.1, 0.15) is 5.75 Å². The van der Waals surface area contributed by atoms with Crippen molar-refractivity contribution in [1.82, 2.24) is 4.98 Å². The lowest BCUT2D eigenvalue weighted by molar-refractivity contribution is -0.125. The fourth-order valence-corrected chi connectivity index (χ4v) is 4.70. The first-order chi connectivity index (χ1) is 15.4. The summed E-state index contributed by atoms with van der Waals surface area (Å²) in [7, 11) is 0. The average molecular weight is 449 g/mol. The average Bonchev–Trinajstić information content (AvgIpc) is 3.25. The Bertz CT molecular complexity index is 1130. The Morgan fingerprint density at radius 2 is 1.94 bits per heavy atom. The standard InChI is InChI=1S/C26H28N2O3S/c1-5-6-25-27-21(15-32-25)20-11-12-24-22(13-20)28(26(30)17(4)31-24)14-23(29)19-9-7-18(8-10-19)16(2)3/h7-13,15-17H,5-6,14H2,1-4H3. The highest BCUT2D eigenvalue weighted by molar-refractivity contribution is 7.09. The summed E-state index contributed by atoms with van der Waals surface area (Å²) in [6.07, 6.45) is 1.36. The molecule has 32 heavy (non-hydrogen) atoms. The van der Waals surface area contributed by atoms with Crippen LogP contribution in [-0.2, 0) is 11.2 Å². The second kappa shape index (κ2) is 9.25. The number of aryl methyl sites for hydroxylation is 1. The third kappa shape index (κ3) is 4.46. The molecule has 1 atom stereocenters. The maximum Gasteiger partial charge on any atom is 0.268 e. The summed E-state index contributed by atoms with van der Waals surface area (Å²) in [6, 6.07) is 13.4. The summed E-state index contributed by atoms with van der Waals surface area (Å²) in [6.45, 7) is 8.06. The first-order valence-corrected chi connectivity index (χ1v) is 11.9. The predicted octanol–water partition coefficient (Wildman–Crippen LogP) is 5.88. The van der Waals surface area contributed by atoms with Crippen LogP contribution in [0.3, 0.4) is 0 Å². The molecule has 5 nitrogen and oxygen atoms in total. The van der Waals surface area contributed by atoms with E-state index in [-0.39, 0.29) is 18.2 Å². The molecule has 1 aliphatic rings. The Kier molecular flexibility index (Phi) is 6.42. The molecule has 0 N–H and O–H groups in total. The fourth-order valence-electron chi connectivity index (χ4n) is 3.79. The van der Waals surface area contributed by atoms with Gasteiger partial charge in [0, 0.05) is 16.5 Å². The topological polar surface area (TPSA) is 59.5 Å². The largest absolute Gasteiger partial charge is 0.479 e. The number of Topliss-reactive ketones (excluding diaryl/α,β-unsaturated/α-hetero) is 1. The molecule has 166 valence electrons. The van der Waals surface area contributed by atoms with Gasteiger partial charge in [-0.25, -0.2) is 4.98 Å². The molecule has 0 spiro atoms. The number of rotatable bonds is 7. The normalized spacial score (nSPS) is 15.6. The van der Waals surface area contributed by atoms with E-state index in [1.807, 2.05) is 47.8 Å². The maximum atomic E-state index is 13.0. The van der Waals surface area contributed by atoms with Gasteiger partial charge >= 0.3 is 0 Å². The number of hydrogen-bond acceptors (Lipinski definition) is 5. The highest BCUT2D eigenvalue weighted by Crippen LogP contribution is 2.38. The van der Waals surface area contributed by atoms with Crippen LogP contribution in [0.25, 0.3) is 11.3 Å². The van der Waals surface area contributed by atoms with Crippen LogP contribution >= 0.6 is 11.3 Å². The molecule has 3 aromatic rings. The molecule has 4 rings (SSSR count). The number of nitrogens with zero attached hydrogens (tertiary/aromatic N) is 2. The number of aromatic nitrogens is 1. The molecule has 0 bridgehead atoms. The summed E-state index contributed by atoms with van der Waals surface area (Å²) < 4.78 is 5.82. The number of carbonyl (C=O) groups excluding carboxylic acids is 2. The number of hydrogen-bond donors (Lipinski definition) is 0. The van der Waals surface area contributed by atoms with Crippen molar-refractivity contribution < 1.29 is 14.3 Å². The number of amides is 1. The third-order valence-electron chi connectivity index (χ3n) is 5.68. The highest BCUT2D eigenvalue weighted by Gasteiger charge is 2.33. The van der Waals surface area contributed by atoms with E-state index in [0.717, 1.165) is 29.1 Å². The number of fused-ring (bicyclic) bond motifs is 1. The summed E-state index contributed by atoms with van der Waals surface area (Å²) in [5, 5.41) is 3.13. The van der Waals surface area contributed by atoms with Crippen LogP contribution in [0.1, 0.15) is 61.0 Å². The molecule has 0 fully saturated rings. The lowest BCUT2D eigenvalue weighted by Crippen LogP contribution is -2.46. The van der Waals surface area contributed by atoms with Crippen LogP contribution in [0.2, 0.25) is 0 Å². The van der Waals surface area contributed by atoms with Gasteiger partial charge in [-0.3, -0.25) is 14.5 Å². The molecule has 1 aliphatic heterocycles. The quantitative estimate of drug-likeness (QED) is 0.423. The van der Waals surface area contributed by atoms with Crippen LogP contribution in [0, 0.1) is 0 Å². The molecule has 6 heteroatoms. The molecule has 2 heterocycles. The van der Waals surface area contributed by atoms with Gasteiger partial charge in [0.05, 0.1) is 22.9 Å². The van der Waals surface area contributed by atoms with Crippen LogP contribution in [0.4, 0.5) is 5.69 Å². The Balaban J connectivity index is 1.63. The van der Waals surface area contributed by atoms with Gasteiger partial charge in [-0.2, -0.15) is 0 Å². The Hall–Kier alpha value is -2.99. The summed E-state index contributed by atoms with van der Waals surface area (Å²) in [5.41, 5.74) is 4.18. The minimum atomic E-state index is -0.639. The highest BCUT2D eigenvalue weighted by atomic mass is 32.1. The lowest BCUT2D eigenvalue weighted by atomic mass is 10.00. The van der Waals surface area contributed by atoms with E-state index in [1.54, 1.807) is 23.2 Å². The van der Waals surface area contributed by atoms with Crippen LogP contribution in [-0.4, -0.2) is 29.3 Å². The van der Waals surface area contributed by atoms with Gasteiger partial charge < -0.3 is 4.74 Å². The van der Waals surface area contributed by atoms with E-state index in [1.165, 1.54) is 5.56 Å². The molecule has 1 unspecified atom stereocenters. The molecule has 0 saturated heterocycles. The first kappa shape index (κ1) is 22.2. The van der Waals surface area contributed by atoms with Gasteiger partial charge in [0.2, 0.25) is 0 Å². The van der Waals surface area contributed by atoms with E-state index >= 15 is 0 Å². The molecular formula is C26H28N2O3S. The van der Waals surface area contributed by atoms with Crippen molar-refractivity contribution in [2.24, 2.45) is 0 Å². The first-order valence-electron chi connectivity index (χ1n) is 11.1. The van der Waals surface area contributed by atoms with E-state index in [0.29, 0.717) is 22.9 Å². The maximum absolute atomic E-state index is 13.0. The number of thiazole rings is 1. The smallest absolute Gasteiger partial charge is 0.268 e. The number of benzene rings is 2. The second-order valence-electron chi connectivity index (χ2n) is 8.44. The Morgan fingerprint density at radius 3 is 2.62 bits per heavy atom. The van der Waals surface area contributed by atoms with Gasteiger partial charge in [0.15, 0.2) is 11.9 Å². The monoisotopic (exact) mass is 448 g/mol. The van der Waals surface area contributed by atoms with Crippen LogP contribution < -0.4 is 9.64 Å². The van der Waals surface area contributed by atoms with Crippen molar-refractivity contribution in [2.75, 3.05) is 11.4 Å². The third-order valence-corrected chi connectivity index (χ3v) is 6.59. The number of ether oxygens (including phenoxy) is 1. The Morgan fingerprint density at radius 1 is 1.19 bits per heavy atom. The van der Waals surface area contributed by atoms with Crippen molar-refractivity contribution in [1.29, 1.82) is 0 Å². The van der Waals surface area contributed by atoms with Crippen molar-refractivity contribution in [3.63, 3.8) is 0 Å². The molecule has 2 aromatic carbocycles. The Labute approximate surface area is 193 Å². The van der Waals surface area contributed by atoms with Crippen molar-refractivity contribution in [3.05, 3.63) is 64.0 Å². The van der Waals surface area contributed by atoms with Gasteiger partial charge in [-0.1, -0.05) is 45.0 Å². The molecule has 1 aromatic heterocycles. The minimum absolute atomic E-state index is 0.0256. The SMILES string of the molecule is CCCc1nc(-c2ccc3c(c2)N(CC(=O)c2ccc(C(C)C)cc2)C(=O)C(C)O3)cs1. The second-order valence-corrected chi connectivity index (χ2v) is 9.39. The van der Waals surface area contributed by atoms with E-state index in [2.05, 4.69) is 20.8 Å². The molecule has 1 amide bonds. The van der Waals surface area contributed by atoms with Crippen molar-refractivity contribution in [2.45, 2.75) is 52.6 Å². The molecule has 0 saturated carbocycles. The van der Waals surface area contributed by atoms with Crippen molar-refractivity contribution in [3.8, 4) is 17.0 Å². The molecular weight excluding hydrogens is 420 g/mol. The number of ketones is 1. The summed E-state index contributed by atoms with van der Waals surface area (Å²) in [4.78, 5) is 32.3. The van der Waals surface area contributed by atoms with E-state index in [9.17, 15) is 9.59 Å². The lowest BCUT2D eigenvalue weighted by Gasteiger charge is -2.33. The van der Waals surface area contributed by atoms with Gasteiger partial charge in [-0.15, -0.1) is 11.3 Å². The van der Waals surface area contributed by atoms with Crippen LogP contribution in [0.15, 0.2) is 47.8 Å². The number of carbonyl (C=O) groups is 2. The van der Waals surface area contributed by atoms with E-state index < -0.39 is 6.10 Å². The minimum Gasteiger partial charge on any atom is -0.479 e. The van der Waals surface area contributed by atoms with Gasteiger partial charge in [0.25, 0.3) is 5.91 Å². The zero-order valence-corrected chi connectivity index (χ0v) is 19.7.